The molecule has 2 aliphatic carbocycles. The highest BCUT2D eigenvalue weighted by Crippen LogP contribution is 2.47. The van der Waals surface area contributed by atoms with Crippen LogP contribution >= 0.6 is 11.6 Å². The van der Waals surface area contributed by atoms with Crippen LogP contribution in [-0.2, 0) is 6.54 Å². The Labute approximate surface area is 113 Å². The van der Waals surface area contributed by atoms with Gasteiger partial charge >= 0.3 is 0 Å². The lowest BCUT2D eigenvalue weighted by Crippen LogP contribution is -2.26. The fourth-order valence-corrected chi connectivity index (χ4v) is 3.90. The summed E-state index contributed by atoms with van der Waals surface area (Å²) in [6.45, 7) is 1.72. The van der Waals surface area contributed by atoms with Crippen LogP contribution in [0.5, 0.6) is 0 Å². The maximum atomic E-state index is 13.3. The molecule has 2 saturated carbocycles. The number of halogens is 2. The van der Waals surface area contributed by atoms with Gasteiger partial charge in [0.05, 0.1) is 5.02 Å². The molecule has 1 N–H and O–H groups in total. The van der Waals surface area contributed by atoms with Crippen molar-refractivity contribution in [1.29, 1.82) is 0 Å². The maximum Gasteiger partial charge on any atom is 0.142 e. The number of benzene rings is 1. The Morgan fingerprint density at radius 3 is 2.89 bits per heavy atom. The van der Waals surface area contributed by atoms with E-state index < -0.39 is 0 Å². The van der Waals surface area contributed by atoms with Gasteiger partial charge in [-0.2, -0.15) is 0 Å². The van der Waals surface area contributed by atoms with E-state index in [1.165, 1.54) is 31.7 Å². The van der Waals surface area contributed by atoms with Gasteiger partial charge in [-0.05, 0) is 55.2 Å². The minimum atomic E-state index is -0.323. The highest BCUT2D eigenvalue weighted by atomic mass is 35.5. The Bertz CT molecular complexity index is 435. The molecule has 18 heavy (non-hydrogen) atoms. The van der Waals surface area contributed by atoms with Crippen molar-refractivity contribution in [2.45, 2.75) is 32.2 Å². The second-order valence-corrected chi connectivity index (χ2v) is 6.16. The van der Waals surface area contributed by atoms with E-state index in [0.717, 1.165) is 29.9 Å². The lowest BCUT2D eigenvalue weighted by molar-refractivity contribution is 0.318. The molecule has 3 rings (SSSR count). The summed E-state index contributed by atoms with van der Waals surface area (Å²) in [6.07, 6.45) is 5.68. The first kappa shape index (κ1) is 12.4. The number of nitrogens with one attached hydrogen (secondary N) is 1. The molecule has 0 heterocycles. The van der Waals surface area contributed by atoms with Gasteiger partial charge < -0.3 is 5.32 Å². The van der Waals surface area contributed by atoms with Crippen LogP contribution in [0.3, 0.4) is 0 Å². The number of hydrogen-bond donors (Lipinski definition) is 1. The van der Waals surface area contributed by atoms with Gasteiger partial charge in [0, 0.05) is 6.54 Å². The third-order valence-corrected chi connectivity index (χ3v) is 5.06. The van der Waals surface area contributed by atoms with Crippen LogP contribution in [0.1, 0.15) is 31.2 Å². The van der Waals surface area contributed by atoms with Crippen molar-refractivity contribution in [3.63, 3.8) is 0 Å². The van der Waals surface area contributed by atoms with Crippen LogP contribution in [-0.4, -0.2) is 6.54 Å². The van der Waals surface area contributed by atoms with E-state index in [-0.39, 0.29) is 10.8 Å². The third-order valence-electron chi connectivity index (χ3n) is 4.64. The van der Waals surface area contributed by atoms with E-state index in [4.69, 9.17) is 11.6 Å². The summed E-state index contributed by atoms with van der Waals surface area (Å²) in [4.78, 5) is 0. The predicted molar refractivity (Wildman–Crippen MR) is 72.1 cm³/mol. The molecule has 0 amide bonds. The molecule has 3 heteroatoms. The summed E-state index contributed by atoms with van der Waals surface area (Å²) in [6, 6.07) is 5.01. The van der Waals surface area contributed by atoms with Gasteiger partial charge in [-0.25, -0.2) is 4.39 Å². The summed E-state index contributed by atoms with van der Waals surface area (Å²) in [5, 5.41) is 3.71. The molecule has 0 aliphatic heterocycles. The van der Waals surface area contributed by atoms with Crippen molar-refractivity contribution in [2.75, 3.05) is 6.54 Å². The first-order chi connectivity index (χ1) is 8.74. The summed E-state index contributed by atoms with van der Waals surface area (Å²) in [7, 11) is 0. The van der Waals surface area contributed by atoms with Crippen LogP contribution in [0.2, 0.25) is 5.02 Å². The van der Waals surface area contributed by atoms with Crippen LogP contribution in [0.15, 0.2) is 18.2 Å². The Balaban J connectivity index is 1.51. The molecule has 0 saturated heterocycles. The van der Waals surface area contributed by atoms with E-state index in [9.17, 15) is 4.39 Å². The van der Waals surface area contributed by atoms with E-state index in [2.05, 4.69) is 5.32 Å². The fourth-order valence-electron chi connectivity index (χ4n) is 3.70. The monoisotopic (exact) mass is 267 g/mol. The Morgan fingerprint density at radius 2 is 2.17 bits per heavy atom. The van der Waals surface area contributed by atoms with E-state index >= 15 is 0 Å². The molecule has 98 valence electrons. The third kappa shape index (κ3) is 2.41. The molecule has 0 aromatic heterocycles. The van der Waals surface area contributed by atoms with E-state index in [1.807, 2.05) is 6.07 Å². The van der Waals surface area contributed by atoms with E-state index in [1.54, 1.807) is 6.07 Å². The quantitative estimate of drug-likeness (QED) is 0.869. The minimum absolute atomic E-state index is 0.262. The minimum Gasteiger partial charge on any atom is -0.312 e. The van der Waals surface area contributed by atoms with Gasteiger partial charge in [-0.3, -0.25) is 0 Å². The fraction of sp³-hybridized carbons (Fsp3) is 0.600. The molecule has 2 fully saturated rings. The van der Waals surface area contributed by atoms with Gasteiger partial charge in [0.2, 0.25) is 0 Å². The van der Waals surface area contributed by atoms with Crippen LogP contribution in [0, 0.1) is 23.6 Å². The van der Waals surface area contributed by atoms with Crippen LogP contribution in [0.4, 0.5) is 4.39 Å². The van der Waals surface area contributed by atoms with Crippen molar-refractivity contribution in [1.82, 2.24) is 5.32 Å². The number of rotatable bonds is 4. The predicted octanol–water partition coefficient (Wildman–Crippen LogP) is 4.00. The SMILES string of the molecule is Fc1cccc(CNCC2CC3CCC2C3)c1Cl. The zero-order valence-corrected chi connectivity index (χ0v) is 11.2. The Kier molecular flexibility index (Phi) is 3.58. The zero-order valence-electron chi connectivity index (χ0n) is 10.5. The second-order valence-electron chi connectivity index (χ2n) is 5.78. The molecule has 1 nitrogen and oxygen atoms in total. The second kappa shape index (κ2) is 5.18. The first-order valence-corrected chi connectivity index (χ1v) is 7.25. The lowest BCUT2D eigenvalue weighted by Gasteiger charge is -2.22. The maximum absolute atomic E-state index is 13.3. The topological polar surface area (TPSA) is 12.0 Å². The number of hydrogen-bond acceptors (Lipinski definition) is 1. The molecular formula is C15H19ClFN. The summed E-state index contributed by atoms with van der Waals surface area (Å²) >= 11 is 5.94. The molecule has 0 radical (unpaired) electrons. The average Bonchev–Trinajstić information content (AvgIpc) is 2.97. The van der Waals surface area contributed by atoms with Crippen molar-refractivity contribution >= 4 is 11.6 Å². The molecule has 1 aromatic rings. The average molecular weight is 268 g/mol. The van der Waals surface area contributed by atoms with Gasteiger partial charge in [-0.1, -0.05) is 30.2 Å². The molecule has 1 aromatic carbocycles. The normalized spacial score (nSPS) is 30.0. The standard InChI is InChI=1S/C15H19ClFN/c16-15-12(2-1-3-14(15)17)8-18-9-13-7-10-4-5-11(13)6-10/h1-3,10-11,13,18H,4-9H2. The smallest absolute Gasteiger partial charge is 0.142 e. The zero-order chi connectivity index (χ0) is 12.5. The molecule has 3 unspecified atom stereocenters. The Morgan fingerprint density at radius 1 is 1.28 bits per heavy atom. The molecule has 0 spiro atoms. The van der Waals surface area contributed by atoms with Crippen molar-refractivity contribution in [3.05, 3.63) is 34.6 Å². The van der Waals surface area contributed by atoms with Gasteiger partial charge in [0.15, 0.2) is 0 Å². The molecule has 2 aliphatic rings. The molecule has 2 bridgehead atoms. The van der Waals surface area contributed by atoms with Gasteiger partial charge in [-0.15, -0.1) is 0 Å². The summed E-state index contributed by atoms with van der Waals surface area (Å²) in [5.74, 6) is 2.43. The highest BCUT2D eigenvalue weighted by molar-refractivity contribution is 6.31. The molecular weight excluding hydrogens is 249 g/mol. The van der Waals surface area contributed by atoms with Crippen molar-refractivity contribution < 1.29 is 4.39 Å². The Hall–Kier alpha value is -0.600. The van der Waals surface area contributed by atoms with Gasteiger partial charge in [0.1, 0.15) is 5.82 Å². The summed E-state index contributed by atoms with van der Waals surface area (Å²) in [5.41, 5.74) is 0.861. The lowest BCUT2D eigenvalue weighted by atomic mass is 9.89. The van der Waals surface area contributed by atoms with Crippen LogP contribution in [0.25, 0.3) is 0 Å². The molecule has 3 atom stereocenters. The van der Waals surface area contributed by atoms with Crippen LogP contribution < -0.4 is 5.32 Å². The number of fused-ring (bicyclic) bond motifs is 2. The van der Waals surface area contributed by atoms with Crippen molar-refractivity contribution in [2.24, 2.45) is 17.8 Å². The largest absolute Gasteiger partial charge is 0.312 e. The van der Waals surface area contributed by atoms with Crippen molar-refractivity contribution in [3.8, 4) is 0 Å². The van der Waals surface area contributed by atoms with E-state index in [0.29, 0.717) is 6.54 Å². The highest BCUT2D eigenvalue weighted by Gasteiger charge is 2.38. The van der Waals surface area contributed by atoms with Gasteiger partial charge in [0.25, 0.3) is 0 Å². The summed E-state index contributed by atoms with van der Waals surface area (Å²) < 4.78 is 13.3. The first-order valence-electron chi connectivity index (χ1n) is 6.87.